The SMILES string of the molecule is CNC(=O)[C@@H]1CN(Cc2cc(F)c(F)cc2F)C[C@H]1COC. The largest absolute Gasteiger partial charge is 0.384 e. The zero-order chi connectivity index (χ0) is 16.3. The number of benzene rings is 1. The molecule has 1 aliphatic rings. The lowest BCUT2D eigenvalue weighted by Gasteiger charge is -2.16. The lowest BCUT2D eigenvalue weighted by molar-refractivity contribution is -0.125. The lowest BCUT2D eigenvalue weighted by Crippen LogP contribution is -2.34. The minimum atomic E-state index is -1.21. The number of halogens is 3. The Balaban J connectivity index is 2.11. The summed E-state index contributed by atoms with van der Waals surface area (Å²) in [5.74, 6) is -3.45. The topological polar surface area (TPSA) is 41.6 Å². The van der Waals surface area contributed by atoms with Gasteiger partial charge in [0.2, 0.25) is 5.91 Å². The van der Waals surface area contributed by atoms with Gasteiger partial charge in [-0.05, 0) is 6.07 Å². The van der Waals surface area contributed by atoms with E-state index in [2.05, 4.69) is 5.32 Å². The van der Waals surface area contributed by atoms with E-state index >= 15 is 0 Å². The molecule has 0 saturated carbocycles. The number of ether oxygens (including phenoxy) is 1. The molecule has 7 heteroatoms. The summed E-state index contributed by atoms with van der Waals surface area (Å²) in [4.78, 5) is 13.7. The number of nitrogens with one attached hydrogen (secondary N) is 1. The summed E-state index contributed by atoms with van der Waals surface area (Å²) in [6.07, 6.45) is 0. The van der Waals surface area contributed by atoms with Crippen molar-refractivity contribution < 1.29 is 22.7 Å². The first kappa shape index (κ1) is 16.8. The third-order valence-corrected chi connectivity index (χ3v) is 3.96. The van der Waals surface area contributed by atoms with Crippen LogP contribution in [0.5, 0.6) is 0 Å². The van der Waals surface area contributed by atoms with Gasteiger partial charge < -0.3 is 10.1 Å². The van der Waals surface area contributed by atoms with Gasteiger partial charge in [0.15, 0.2) is 11.6 Å². The molecule has 2 atom stereocenters. The minimum absolute atomic E-state index is 0.0155. The molecular weight excluding hydrogens is 297 g/mol. The van der Waals surface area contributed by atoms with Crippen molar-refractivity contribution in [3.8, 4) is 0 Å². The fourth-order valence-electron chi connectivity index (χ4n) is 2.88. The molecule has 1 saturated heterocycles. The summed E-state index contributed by atoms with van der Waals surface area (Å²) in [7, 11) is 3.11. The van der Waals surface area contributed by atoms with E-state index < -0.39 is 17.5 Å². The molecule has 0 unspecified atom stereocenters. The molecule has 1 N–H and O–H groups in total. The molecular formula is C15H19F3N2O2. The van der Waals surface area contributed by atoms with Crippen molar-refractivity contribution in [2.24, 2.45) is 11.8 Å². The fraction of sp³-hybridized carbons (Fsp3) is 0.533. The quantitative estimate of drug-likeness (QED) is 0.838. The van der Waals surface area contributed by atoms with E-state index in [0.29, 0.717) is 25.8 Å². The second-order valence-electron chi connectivity index (χ2n) is 5.49. The number of carbonyl (C=O) groups excluding carboxylic acids is 1. The molecule has 0 spiro atoms. The Morgan fingerprint density at radius 3 is 2.59 bits per heavy atom. The summed E-state index contributed by atoms with van der Waals surface area (Å²) in [5.41, 5.74) is 0.0765. The van der Waals surface area contributed by atoms with Crippen molar-refractivity contribution in [2.75, 3.05) is 33.9 Å². The van der Waals surface area contributed by atoms with Gasteiger partial charge in [-0.3, -0.25) is 9.69 Å². The lowest BCUT2D eigenvalue weighted by atomic mass is 9.96. The highest BCUT2D eigenvalue weighted by Gasteiger charge is 2.37. The molecule has 0 aliphatic carbocycles. The van der Waals surface area contributed by atoms with E-state index in [1.807, 2.05) is 4.90 Å². The standard InChI is InChI=1S/C15H19F3N2O2/c1-19-15(21)11-7-20(6-10(11)8-22-2)5-9-3-13(17)14(18)4-12(9)16/h3-4,10-11H,5-8H2,1-2H3,(H,19,21)/t10-,11+/m0/s1. The van der Waals surface area contributed by atoms with Gasteiger partial charge in [0, 0.05) is 51.3 Å². The average molecular weight is 316 g/mol. The van der Waals surface area contributed by atoms with Crippen LogP contribution in [0.3, 0.4) is 0 Å². The maximum atomic E-state index is 13.7. The van der Waals surface area contributed by atoms with Crippen molar-refractivity contribution in [2.45, 2.75) is 6.54 Å². The van der Waals surface area contributed by atoms with Gasteiger partial charge in [0.25, 0.3) is 0 Å². The third-order valence-electron chi connectivity index (χ3n) is 3.96. The van der Waals surface area contributed by atoms with Crippen LogP contribution in [0.15, 0.2) is 12.1 Å². The van der Waals surface area contributed by atoms with Crippen LogP contribution in [-0.4, -0.2) is 44.7 Å². The van der Waals surface area contributed by atoms with Crippen LogP contribution in [0.25, 0.3) is 0 Å². The molecule has 0 radical (unpaired) electrons. The summed E-state index contributed by atoms with van der Waals surface area (Å²) in [6, 6.07) is 1.41. The van der Waals surface area contributed by atoms with Crippen LogP contribution in [0, 0.1) is 29.3 Å². The molecule has 1 aromatic rings. The van der Waals surface area contributed by atoms with Crippen LogP contribution >= 0.6 is 0 Å². The molecule has 1 aromatic carbocycles. The normalized spacial score (nSPS) is 22.0. The predicted octanol–water partition coefficient (Wildman–Crippen LogP) is 1.54. The van der Waals surface area contributed by atoms with Gasteiger partial charge in [-0.25, -0.2) is 13.2 Å². The van der Waals surface area contributed by atoms with Gasteiger partial charge >= 0.3 is 0 Å². The number of methoxy groups -OCH3 is 1. The van der Waals surface area contributed by atoms with E-state index in [-0.39, 0.29) is 29.9 Å². The second-order valence-corrected chi connectivity index (χ2v) is 5.49. The maximum Gasteiger partial charge on any atom is 0.224 e. The number of carbonyl (C=O) groups is 1. The number of hydrogen-bond donors (Lipinski definition) is 1. The smallest absolute Gasteiger partial charge is 0.224 e. The molecule has 1 aliphatic heterocycles. The molecule has 4 nitrogen and oxygen atoms in total. The first-order valence-corrected chi connectivity index (χ1v) is 7.02. The Kier molecular flexibility index (Phi) is 5.42. The van der Waals surface area contributed by atoms with Crippen molar-refractivity contribution >= 4 is 5.91 Å². The molecule has 0 bridgehead atoms. The Morgan fingerprint density at radius 1 is 1.27 bits per heavy atom. The molecule has 1 amide bonds. The van der Waals surface area contributed by atoms with Crippen molar-refractivity contribution in [1.29, 1.82) is 0 Å². The van der Waals surface area contributed by atoms with E-state index in [9.17, 15) is 18.0 Å². The Bertz CT molecular complexity index is 554. The van der Waals surface area contributed by atoms with Crippen LogP contribution in [0.4, 0.5) is 13.2 Å². The number of nitrogens with zero attached hydrogens (tertiary/aromatic N) is 1. The third kappa shape index (κ3) is 3.59. The van der Waals surface area contributed by atoms with E-state index in [1.54, 1.807) is 14.2 Å². The number of hydrogen-bond acceptors (Lipinski definition) is 3. The van der Waals surface area contributed by atoms with Gasteiger partial charge in [0.1, 0.15) is 5.82 Å². The number of rotatable bonds is 5. The minimum Gasteiger partial charge on any atom is -0.384 e. The van der Waals surface area contributed by atoms with Crippen LogP contribution in [0.1, 0.15) is 5.56 Å². The number of likely N-dealkylation sites (tertiary alicyclic amines) is 1. The summed E-state index contributed by atoms with van der Waals surface area (Å²) < 4.78 is 45.0. The zero-order valence-electron chi connectivity index (χ0n) is 12.5. The summed E-state index contributed by atoms with van der Waals surface area (Å²) >= 11 is 0. The Morgan fingerprint density at radius 2 is 1.95 bits per heavy atom. The molecule has 1 fully saturated rings. The molecule has 2 rings (SSSR count). The van der Waals surface area contributed by atoms with Gasteiger partial charge in [0.05, 0.1) is 12.5 Å². The highest BCUT2D eigenvalue weighted by Crippen LogP contribution is 2.26. The van der Waals surface area contributed by atoms with Crippen LogP contribution in [0.2, 0.25) is 0 Å². The highest BCUT2D eigenvalue weighted by molar-refractivity contribution is 5.79. The maximum absolute atomic E-state index is 13.7. The van der Waals surface area contributed by atoms with Crippen molar-refractivity contribution in [1.82, 2.24) is 10.2 Å². The molecule has 1 heterocycles. The average Bonchev–Trinajstić information content (AvgIpc) is 2.87. The Hall–Kier alpha value is -1.60. The first-order chi connectivity index (χ1) is 10.5. The van der Waals surface area contributed by atoms with Crippen LogP contribution in [-0.2, 0) is 16.1 Å². The predicted molar refractivity (Wildman–Crippen MR) is 74.5 cm³/mol. The highest BCUT2D eigenvalue weighted by atomic mass is 19.2. The summed E-state index contributed by atoms with van der Waals surface area (Å²) in [5, 5.41) is 2.60. The molecule has 22 heavy (non-hydrogen) atoms. The molecule has 0 aromatic heterocycles. The number of amides is 1. The molecule has 122 valence electrons. The first-order valence-electron chi connectivity index (χ1n) is 7.02. The van der Waals surface area contributed by atoms with E-state index in [1.165, 1.54) is 0 Å². The van der Waals surface area contributed by atoms with Crippen LogP contribution < -0.4 is 5.32 Å². The van der Waals surface area contributed by atoms with Crippen molar-refractivity contribution in [3.05, 3.63) is 35.1 Å². The van der Waals surface area contributed by atoms with Gasteiger partial charge in [-0.15, -0.1) is 0 Å². The zero-order valence-corrected chi connectivity index (χ0v) is 12.5. The Labute approximate surface area is 127 Å². The second kappa shape index (κ2) is 7.11. The van der Waals surface area contributed by atoms with E-state index in [0.717, 1.165) is 6.07 Å². The van der Waals surface area contributed by atoms with Gasteiger partial charge in [-0.2, -0.15) is 0 Å². The van der Waals surface area contributed by atoms with Crippen molar-refractivity contribution in [3.63, 3.8) is 0 Å². The van der Waals surface area contributed by atoms with E-state index in [4.69, 9.17) is 4.74 Å². The summed E-state index contributed by atoms with van der Waals surface area (Å²) in [6.45, 7) is 1.49. The van der Waals surface area contributed by atoms with Gasteiger partial charge in [-0.1, -0.05) is 0 Å². The monoisotopic (exact) mass is 316 g/mol. The fourth-order valence-corrected chi connectivity index (χ4v) is 2.88.